The summed E-state index contributed by atoms with van der Waals surface area (Å²) in [4.78, 5) is 10.0. The zero-order chi connectivity index (χ0) is 20.6. The highest BCUT2D eigenvalue weighted by molar-refractivity contribution is 5.80. The number of benzene rings is 1. The molecule has 1 aromatic rings. The largest absolute Gasteiger partial charge is 0.381 e. The number of anilines is 1. The first kappa shape index (κ1) is 21.4. The minimum atomic E-state index is 0.416. The zero-order valence-corrected chi connectivity index (χ0v) is 18.3. The third-order valence-electron chi connectivity index (χ3n) is 6.45. The first-order valence-corrected chi connectivity index (χ1v) is 11.6. The average Bonchev–Trinajstić information content (AvgIpc) is 3.48. The fourth-order valence-corrected chi connectivity index (χ4v) is 4.78. The van der Waals surface area contributed by atoms with Crippen molar-refractivity contribution in [3.63, 3.8) is 0 Å². The van der Waals surface area contributed by atoms with Crippen molar-refractivity contribution in [3.05, 3.63) is 30.3 Å². The maximum absolute atomic E-state index is 5.70. The second-order valence-corrected chi connectivity index (χ2v) is 8.47. The minimum absolute atomic E-state index is 0.416. The van der Waals surface area contributed by atoms with E-state index in [2.05, 4.69) is 57.7 Å². The number of nitrogens with zero attached hydrogens (tertiary/aromatic N) is 3. The van der Waals surface area contributed by atoms with Gasteiger partial charge in [-0.25, -0.2) is 0 Å². The molecule has 30 heavy (non-hydrogen) atoms. The van der Waals surface area contributed by atoms with Gasteiger partial charge in [-0.3, -0.25) is 9.89 Å². The number of morpholine rings is 1. The Kier molecular flexibility index (Phi) is 7.83. The fraction of sp³-hybridized carbons (Fsp3) is 0.696. The van der Waals surface area contributed by atoms with Crippen LogP contribution < -0.4 is 15.5 Å². The van der Waals surface area contributed by atoms with Crippen LogP contribution in [0.3, 0.4) is 0 Å². The molecular weight excluding hydrogens is 378 g/mol. The lowest BCUT2D eigenvalue weighted by Crippen LogP contribution is -2.50. The van der Waals surface area contributed by atoms with E-state index in [9.17, 15) is 0 Å². The number of hydrogen-bond donors (Lipinski definition) is 2. The summed E-state index contributed by atoms with van der Waals surface area (Å²) in [6.07, 6.45) is 2.26. The molecule has 2 N–H and O–H groups in total. The van der Waals surface area contributed by atoms with Gasteiger partial charge in [-0.15, -0.1) is 0 Å². The molecule has 7 heteroatoms. The van der Waals surface area contributed by atoms with E-state index < -0.39 is 0 Å². The lowest BCUT2D eigenvalue weighted by atomic mass is 9.97. The van der Waals surface area contributed by atoms with Gasteiger partial charge in [-0.1, -0.05) is 18.2 Å². The monoisotopic (exact) mass is 415 g/mol. The fourth-order valence-electron chi connectivity index (χ4n) is 4.78. The van der Waals surface area contributed by atoms with E-state index in [-0.39, 0.29) is 0 Å². The van der Waals surface area contributed by atoms with E-state index in [1.807, 2.05) is 0 Å². The third-order valence-corrected chi connectivity index (χ3v) is 6.45. The molecule has 0 aliphatic carbocycles. The Labute approximate surface area is 180 Å². The Balaban J connectivity index is 1.37. The molecule has 3 unspecified atom stereocenters. The van der Waals surface area contributed by atoms with Gasteiger partial charge in [0.15, 0.2) is 5.96 Å². The van der Waals surface area contributed by atoms with Crippen LogP contribution in [0.2, 0.25) is 0 Å². The van der Waals surface area contributed by atoms with Gasteiger partial charge in [-0.05, 0) is 31.9 Å². The number of rotatable bonds is 7. The first-order valence-electron chi connectivity index (χ1n) is 11.6. The predicted molar refractivity (Wildman–Crippen MR) is 121 cm³/mol. The van der Waals surface area contributed by atoms with Crippen molar-refractivity contribution in [2.75, 3.05) is 70.6 Å². The molecule has 4 rings (SSSR count). The quantitative estimate of drug-likeness (QED) is 0.521. The Bertz CT molecular complexity index is 659. The molecule has 0 aromatic heterocycles. The van der Waals surface area contributed by atoms with Crippen molar-refractivity contribution in [1.82, 2.24) is 15.5 Å². The maximum Gasteiger partial charge on any atom is 0.191 e. The van der Waals surface area contributed by atoms with Gasteiger partial charge in [0.05, 0.1) is 26.4 Å². The normalized spacial score (nSPS) is 26.7. The number of aliphatic imine (C=N–C) groups is 1. The number of guanidine groups is 1. The van der Waals surface area contributed by atoms with Gasteiger partial charge in [0.25, 0.3) is 0 Å². The van der Waals surface area contributed by atoms with Gasteiger partial charge >= 0.3 is 0 Å². The summed E-state index contributed by atoms with van der Waals surface area (Å²) >= 11 is 0. The van der Waals surface area contributed by atoms with E-state index in [0.717, 1.165) is 84.5 Å². The Morgan fingerprint density at radius 2 is 1.93 bits per heavy atom. The van der Waals surface area contributed by atoms with Crippen LogP contribution in [0, 0.1) is 5.92 Å². The molecule has 3 heterocycles. The summed E-state index contributed by atoms with van der Waals surface area (Å²) < 4.78 is 11.3. The summed E-state index contributed by atoms with van der Waals surface area (Å²) in [5, 5.41) is 7.15. The molecule has 0 amide bonds. The van der Waals surface area contributed by atoms with E-state index in [4.69, 9.17) is 14.5 Å². The van der Waals surface area contributed by atoms with Crippen LogP contribution in [0.1, 0.15) is 19.8 Å². The standard InChI is InChI=1S/C23H37N5O2/c1-2-24-23(26-20-8-10-28(17-20)21-6-4-3-5-7-21)25-16-22(19-9-13-30-18-19)27-11-14-29-15-12-27/h3-7,19-20,22H,2,8-18H2,1H3,(H2,24,25,26). The molecule has 3 fully saturated rings. The van der Waals surface area contributed by atoms with Crippen molar-refractivity contribution in [2.45, 2.75) is 31.8 Å². The molecule has 0 bridgehead atoms. The van der Waals surface area contributed by atoms with E-state index in [1.54, 1.807) is 0 Å². The van der Waals surface area contributed by atoms with Gasteiger partial charge in [0, 0.05) is 63.0 Å². The average molecular weight is 416 g/mol. The molecule has 1 aromatic carbocycles. The maximum atomic E-state index is 5.70. The molecule has 3 saturated heterocycles. The number of nitrogens with one attached hydrogen (secondary N) is 2. The van der Waals surface area contributed by atoms with Crippen molar-refractivity contribution >= 4 is 11.6 Å². The van der Waals surface area contributed by atoms with E-state index in [0.29, 0.717) is 18.0 Å². The minimum Gasteiger partial charge on any atom is -0.381 e. The molecule has 7 nitrogen and oxygen atoms in total. The topological polar surface area (TPSA) is 61.4 Å². The highest BCUT2D eigenvalue weighted by Gasteiger charge is 2.31. The van der Waals surface area contributed by atoms with Crippen LogP contribution in [0.15, 0.2) is 35.3 Å². The molecule has 3 aliphatic rings. The molecule has 3 atom stereocenters. The van der Waals surface area contributed by atoms with Crippen molar-refractivity contribution < 1.29 is 9.47 Å². The Morgan fingerprint density at radius 3 is 2.67 bits per heavy atom. The molecule has 3 aliphatic heterocycles. The van der Waals surface area contributed by atoms with Crippen LogP contribution >= 0.6 is 0 Å². The smallest absolute Gasteiger partial charge is 0.191 e. The Morgan fingerprint density at radius 1 is 1.10 bits per heavy atom. The highest BCUT2D eigenvalue weighted by Crippen LogP contribution is 2.23. The van der Waals surface area contributed by atoms with Gasteiger partial charge < -0.3 is 25.0 Å². The number of ether oxygens (including phenoxy) is 2. The van der Waals surface area contributed by atoms with Crippen molar-refractivity contribution in [1.29, 1.82) is 0 Å². The lowest BCUT2D eigenvalue weighted by Gasteiger charge is -2.36. The van der Waals surface area contributed by atoms with Crippen molar-refractivity contribution in [3.8, 4) is 0 Å². The van der Waals surface area contributed by atoms with E-state index >= 15 is 0 Å². The molecular formula is C23H37N5O2. The van der Waals surface area contributed by atoms with Gasteiger partial charge in [-0.2, -0.15) is 0 Å². The summed E-state index contributed by atoms with van der Waals surface area (Å²) in [5.74, 6) is 1.50. The summed E-state index contributed by atoms with van der Waals surface area (Å²) in [6, 6.07) is 11.5. The first-order chi connectivity index (χ1) is 14.8. The van der Waals surface area contributed by atoms with Gasteiger partial charge in [0.2, 0.25) is 0 Å². The second kappa shape index (κ2) is 11.0. The molecule has 166 valence electrons. The van der Waals surface area contributed by atoms with Crippen LogP contribution in [-0.2, 0) is 9.47 Å². The highest BCUT2D eigenvalue weighted by atomic mass is 16.5. The third kappa shape index (κ3) is 5.65. The van der Waals surface area contributed by atoms with Gasteiger partial charge in [0.1, 0.15) is 0 Å². The summed E-state index contributed by atoms with van der Waals surface area (Å²) in [5.41, 5.74) is 1.30. The molecule has 0 radical (unpaired) electrons. The SMILES string of the molecule is CCNC(=NCC(C1CCOC1)N1CCOCC1)NC1CCN(c2ccccc2)C1. The van der Waals surface area contributed by atoms with Crippen LogP contribution in [0.25, 0.3) is 0 Å². The van der Waals surface area contributed by atoms with Crippen molar-refractivity contribution in [2.24, 2.45) is 10.9 Å². The summed E-state index contributed by atoms with van der Waals surface area (Å²) in [6.45, 7) is 11.3. The second-order valence-electron chi connectivity index (χ2n) is 8.47. The predicted octanol–water partition coefficient (Wildman–Crippen LogP) is 1.56. The van der Waals surface area contributed by atoms with Crippen LogP contribution in [0.5, 0.6) is 0 Å². The van der Waals surface area contributed by atoms with E-state index in [1.165, 1.54) is 5.69 Å². The van der Waals surface area contributed by atoms with Crippen LogP contribution in [0.4, 0.5) is 5.69 Å². The molecule has 0 saturated carbocycles. The Hall–Kier alpha value is -1.83. The number of para-hydroxylation sites is 1. The molecule has 0 spiro atoms. The number of hydrogen-bond acceptors (Lipinski definition) is 5. The summed E-state index contributed by atoms with van der Waals surface area (Å²) in [7, 11) is 0. The lowest BCUT2D eigenvalue weighted by molar-refractivity contribution is 0.00368. The zero-order valence-electron chi connectivity index (χ0n) is 18.3. The van der Waals surface area contributed by atoms with Crippen LogP contribution in [-0.4, -0.2) is 88.6 Å².